The van der Waals surface area contributed by atoms with Crippen LogP contribution in [-0.2, 0) is 11.2 Å². The van der Waals surface area contributed by atoms with Gasteiger partial charge in [-0.2, -0.15) is 0 Å². The lowest BCUT2D eigenvalue weighted by molar-refractivity contribution is -0.130. The van der Waals surface area contributed by atoms with E-state index in [1.165, 1.54) is 0 Å². The molecule has 0 saturated carbocycles. The molecule has 0 aromatic carbocycles. The van der Waals surface area contributed by atoms with Crippen LogP contribution < -0.4 is 5.73 Å². The molecule has 0 spiro atoms. The van der Waals surface area contributed by atoms with Crippen molar-refractivity contribution in [1.82, 2.24) is 9.88 Å². The van der Waals surface area contributed by atoms with Gasteiger partial charge in [-0.3, -0.25) is 4.79 Å². The average molecular weight is 378 g/mol. The molecule has 6 nitrogen and oxygen atoms in total. The standard InChI is InChI=1S/C16H23N3O3.2ClH/c1-11-12(18-15(22-11)13-6-5-7-21-13)8-14(20)19(4)10-16(2,3)9-17;;/h5-7H,8-10,17H2,1-4H3;2*1H. The predicted molar refractivity (Wildman–Crippen MR) is 97.6 cm³/mol. The molecule has 0 aliphatic heterocycles. The Kier molecular flexibility index (Phi) is 8.54. The Morgan fingerprint density at radius 1 is 1.38 bits per heavy atom. The fourth-order valence-electron chi connectivity index (χ4n) is 2.17. The van der Waals surface area contributed by atoms with Gasteiger partial charge in [0.05, 0.1) is 18.4 Å². The number of nitrogens with two attached hydrogens (primary N) is 1. The topological polar surface area (TPSA) is 85.5 Å². The maximum atomic E-state index is 12.3. The van der Waals surface area contributed by atoms with E-state index in [4.69, 9.17) is 14.6 Å². The van der Waals surface area contributed by atoms with Gasteiger partial charge in [0.2, 0.25) is 5.91 Å². The van der Waals surface area contributed by atoms with Crippen LogP contribution in [0.3, 0.4) is 0 Å². The third-order valence-corrected chi connectivity index (χ3v) is 3.59. The van der Waals surface area contributed by atoms with Crippen LogP contribution in [-0.4, -0.2) is 35.9 Å². The number of oxazole rings is 1. The van der Waals surface area contributed by atoms with Gasteiger partial charge < -0.3 is 19.5 Å². The number of aryl methyl sites for hydroxylation is 1. The minimum atomic E-state index is -0.109. The number of rotatable bonds is 6. The second-order valence-corrected chi connectivity index (χ2v) is 6.29. The van der Waals surface area contributed by atoms with E-state index in [2.05, 4.69) is 4.98 Å². The fourth-order valence-corrected chi connectivity index (χ4v) is 2.17. The normalized spacial score (nSPS) is 10.7. The summed E-state index contributed by atoms with van der Waals surface area (Å²) in [5.41, 5.74) is 6.24. The molecule has 2 heterocycles. The molecule has 0 aliphatic carbocycles. The summed E-state index contributed by atoms with van der Waals surface area (Å²) < 4.78 is 10.8. The van der Waals surface area contributed by atoms with Crippen molar-refractivity contribution >= 4 is 30.7 Å². The lowest BCUT2D eigenvalue weighted by atomic mass is 9.93. The van der Waals surface area contributed by atoms with Crippen molar-refractivity contribution in [2.45, 2.75) is 27.2 Å². The molecular formula is C16H25Cl2N3O3. The van der Waals surface area contributed by atoms with Crippen LogP contribution in [0.1, 0.15) is 25.3 Å². The molecule has 8 heteroatoms. The van der Waals surface area contributed by atoms with Crippen LogP contribution in [0.4, 0.5) is 0 Å². The van der Waals surface area contributed by atoms with Gasteiger partial charge in [-0.05, 0) is 31.0 Å². The predicted octanol–water partition coefficient (Wildman–Crippen LogP) is 3.07. The number of aromatic nitrogens is 1. The monoisotopic (exact) mass is 377 g/mol. The second kappa shape index (κ2) is 9.11. The number of carbonyl (C=O) groups excluding carboxylic acids is 1. The van der Waals surface area contributed by atoms with Crippen LogP contribution >= 0.6 is 24.8 Å². The minimum Gasteiger partial charge on any atom is -0.459 e. The van der Waals surface area contributed by atoms with Crippen LogP contribution in [0.5, 0.6) is 0 Å². The van der Waals surface area contributed by atoms with Gasteiger partial charge in [-0.25, -0.2) is 4.98 Å². The van der Waals surface area contributed by atoms with E-state index in [-0.39, 0.29) is 42.6 Å². The molecule has 2 aromatic heterocycles. The van der Waals surface area contributed by atoms with Crippen molar-refractivity contribution < 1.29 is 13.6 Å². The van der Waals surface area contributed by atoms with Gasteiger partial charge in [-0.15, -0.1) is 24.8 Å². The van der Waals surface area contributed by atoms with Gasteiger partial charge in [0.1, 0.15) is 5.76 Å². The lowest BCUT2D eigenvalue weighted by Gasteiger charge is -2.28. The zero-order chi connectivity index (χ0) is 16.3. The molecule has 2 N–H and O–H groups in total. The number of amides is 1. The molecular weight excluding hydrogens is 353 g/mol. The van der Waals surface area contributed by atoms with Gasteiger partial charge in [0.15, 0.2) is 5.76 Å². The smallest absolute Gasteiger partial charge is 0.263 e. The van der Waals surface area contributed by atoms with Crippen LogP contribution in [0, 0.1) is 12.3 Å². The van der Waals surface area contributed by atoms with Crippen LogP contribution in [0.15, 0.2) is 27.2 Å². The number of hydrogen-bond donors (Lipinski definition) is 1. The summed E-state index contributed by atoms with van der Waals surface area (Å²) in [5.74, 6) is 1.57. The summed E-state index contributed by atoms with van der Waals surface area (Å²) in [6.45, 7) is 6.99. The number of nitrogens with zero attached hydrogens (tertiary/aromatic N) is 2. The van der Waals surface area contributed by atoms with E-state index in [0.717, 1.165) is 0 Å². The number of furan rings is 1. The highest BCUT2D eigenvalue weighted by atomic mass is 35.5. The Morgan fingerprint density at radius 2 is 2.04 bits per heavy atom. The molecule has 1 amide bonds. The number of halogens is 2. The average Bonchev–Trinajstić information content (AvgIpc) is 3.08. The Bertz CT molecular complexity index is 639. The van der Waals surface area contributed by atoms with Crippen molar-refractivity contribution in [3.8, 4) is 11.7 Å². The first-order valence-electron chi connectivity index (χ1n) is 7.26. The van der Waals surface area contributed by atoms with E-state index in [1.807, 2.05) is 13.8 Å². The van der Waals surface area contributed by atoms with Gasteiger partial charge >= 0.3 is 0 Å². The number of carbonyl (C=O) groups is 1. The van der Waals surface area contributed by atoms with Gasteiger partial charge in [0, 0.05) is 13.6 Å². The maximum absolute atomic E-state index is 12.3. The van der Waals surface area contributed by atoms with Crippen molar-refractivity contribution in [2.75, 3.05) is 20.1 Å². The summed E-state index contributed by atoms with van der Waals surface area (Å²) in [4.78, 5) is 18.4. The molecule has 0 unspecified atom stereocenters. The quantitative estimate of drug-likeness (QED) is 0.835. The molecule has 0 saturated heterocycles. The van der Waals surface area contributed by atoms with E-state index in [0.29, 0.717) is 36.2 Å². The number of likely N-dealkylation sites (N-methyl/N-ethyl adjacent to an activating group) is 1. The molecule has 2 aromatic rings. The summed E-state index contributed by atoms with van der Waals surface area (Å²) in [6.07, 6.45) is 1.76. The Hall–Kier alpha value is -1.50. The first kappa shape index (κ1) is 22.5. The van der Waals surface area contributed by atoms with Crippen molar-refractivity contribution in [2.24, 2.45) is 11.1 Å². The highest BCUT2D eigenvalue weighted by Crippen LogP contribution is 2.23. The molecule has 0 bridgehead atoms. The maximum Gasteiger partial charge on any atom is 0.263 e. The Labute approximate surface area is 154 Å². The second-order valence-electron chi connectivity index (χ2n) is 6.29. The summed E-state index contributed by atoms with van der Waals surface area (Å²) >= 11 is 0. The third kappa shape index (κ3) is 5.54. The summed E-state index contributed by atoms with van der Waals surface area (Å²) in [7, 11) is 1.78. The number of hydrogen-bond acceptors (Lipinski definition) is 5. The molecule has 24 heavy (non-hydrogen) atoms. The van der Waals surface area contributed by atoms with E-state index in [1.54, 1.807) is 37.3 Å². The molecule has 0 aliphatic rings. The molecule has 0 radical (unpaired) electrons. The molecule has 0 atom stereocenters. The highest BCUT2D eigenvalue weighted by molar-refractivity contribution is 5.85. The van der Waals surface area contributed by atoms with Gasteiger partial charge in [0.25, 0.3) is 5.89 Å². The fraction of sp³-hybridized carbons (Fsp3) is 0.500. The largest absolute Gasteiger partial charge is 0.459 e. The third-order valence-electron chi connectivity index (χ3n) is 3.59. The van der Waals surface area contributed by atoms with Gasteiger partial charge in [-0.1, -0.05) is 13.8 Å². The van der Waals surface area contributed by atoms with E-state index in [9.17, 15) is 4.79 Å². The highest BCUT2D eigenvalue weighted by Gasteiger charge is 2.23. The van der Waals surface area contributed by atoms with E-state index < -0.39 is 0 Å². The van der Waals surface area contributed by atoms with Crippen LogP contribution in [0.25, 0.3) is 11.7 Å². The lowest BCUT2D eigenvalue weighted by Crippen LogP contribution is -2.40. The summed E-state index contributed by atoms with van der Waals surface area (Å²) in [5, 5.41) is 0. The zero-order valence-corrected chi connectivity index (χ0v) is 16.0. The molecule has 0 fully saturated rings. The zero-order valence-electron chi connectivity index (χ0n) is 14.4. The van der Waals surface area contributed by atoms with Crippen LogP contribution in [0.2, 0.25) is 0 Å². The molecule has 2 rings (SSSR count). The Balaban J connectivity index is 0.00000264. The van der Waals surface area contributed by atoms with E-state index >= 15 is 0 Å². The molecule has 136 valence electrons. The van der Waals surface area contributed by atoms with Crippen molar-refractivity contribution in [1.29, 1.82) is 0 Å². The SMILES string of the molecule is Cc1oc(-c2ccco2)nc1CC(=O)N(C)CC(C)(C)CN.Cl.Cl. The first-order chi connectivity index (χ1) is 10.3. The summed E-state index contributed by atoms with van der Waals surface area (Å²) in [6, 6.07) is 3.54. The van der Waals surface area contributed by atoms with Crippen molar-refractivity contribution in [3.05, 3.63) is 29.9 Å². The minimum absolute atomic E-state index is 0. The Morgan fingerprint density at radius 3 is 2.58 bits per heavy atom. The van der Waals surface area contributed by atoms with Crippen molar-refractivity contribution in [3.63, 3.8) is 0 Å². The first-order valence-corrected chi connectivity index (χ1v) is 7.26.